The average molecular weight is 264 g/mol. The van der Waals surface area contributed by atoms with Crippen LogP contribution >= 0.6 is 0 Å². The van der Waals surface area contributed by atoms with Gasteiger partial charge >= 0.3 is 0 Å². The van der Waals surface area contributed by atoms with E-state index in [2.05, 4.69) is 22.7 Å². The van der Waals surface area contributed by atoms with Crippen LogP contribution in [0.25, 0.3) is 0 Å². The van der Waals surface area contributed by atoms with Crippen LogP contribution in [0, 0.1) is 12.3 Å². The molecule has 0 spiro atoms. The number of aryl methyl sites for hydroxylation is 2. The summed E-state index contributed by atoms with van der Waals surface area (Å²) in [5.74, 6) is 0.137. The summed E-state index contributed by atoms with van der Waals surface area (Å²) in [7, 11) is 1.87. The van der Waals surface area contributed by atoms with Gasteiger partial charge in [-0.15, -0.1) is 0 Å². The molecule has 5 nitrogen and oxygen atoms in total. The summed E-state index contributed by atoms with van der Waals surface area (Å²) in [6, 6.07) is 0. The zero-order valence-corrected chi connectivity index (χ0v) is 12.1. The molecular weight excluding hydrogens is 240 g/mol. The smallest absolute Gasteiger partial charge is 0.231 e. The Bertz CT molecular complexity index is 441. The molecule has 0 saturated carbocycles. The van der Waals surface area contributed by atoms with Crippen LogP contribution in [0.2, 0.25) is 0 Å². The first-order valence-electron chi connectivity index (χ1n) is 7.10. The minimum atomic E-state index is -0.255. The van der Waals surface area contributed by atoms with Crippen molar-refractivity contribution in [1.82, 2.24) is 15.1 Å². The first-order valence-corrected chi connectivity index (χ1v) is 7.10. The quantitative estimate of drug-likeness (QED) is 0.872. The van der Waals surface area contributed by atoms with Gasteiger partial charge in [-0.1, -0.05) is 13.3 Å². The summed E-state index contributed by atoms with van der Waals surface area (Å²) in [5.41, 5.74) is 1.44. The van der Waals surface area contributed by atoms with E-state index in [1.165, 1.54) is 0 Å². The third-order valence-electron chi connectivity index (χ3n) is 3.94. The Labute approximate surface area is 114 Å². The fourth-order valence-corrected chi connectivity index (χ4v) is 2.94. The molecule has 2 rings (SSSR count). The molecule has 0 radical (unpaired) electrons. The molecule has 2 heterocycles. The maximum absolute atomic E-state index is 12.7. The Balaban J connectivity index is 2.13. The van der Waals surface area contributed by atoms with Crippen molar-refractivity contribution in [1.29, 1.82) is 0 Å². The number of amides is 1. The number of piperidine rings is 1. The predicted molar refractivity (Wildman–Crippen MR) is 76.0 cm³/mol. The van der Waals surface area contributed by atoms with Crippen LogP contribution in [0.3, 0.4) is 0 Å². The number of hydrogen-bond acceptors (Lipinski definition) is 3. The number of hydrogen-bond donors (Lipinski definition) is 2. The van der Waals surface area contributed by atoms with E-state index < -0.39 is 0 Å². The molecule has 106 valence electrons. The molecule has 1 amide bonds. The van der Waals surface area contributed by atoms with E-state index in [0.717, 1.165) is 50.2 Å². The normalized spacial score (nSPS) is 23.3. The minimum absolute atomic E-state index is 0.137. The van der Waals surface area contributed by atoms with Crippen LogP contribution < -0.4 is 10.6 Å². The highest BCUT2D eigenvalue weighted by Crippen LogP contribution is 2.33. The van der Waals surface area contributed by atoms with Crippen molar-refractivity contribution in [3.8, 4) is 0 Å². The molecule has 0 aromatic carbocycles. The van der Waals surface area contributed by atoms with E-state index in [4.69, 9.17) is 0 Å². The van der Waals surface area contributed by atoms with Crippen LogP contribution in [0.4, 0.5) is 5.69 Å². The van der Waals surface area contributed by atoms with Gasteiger partial charge in [0.2, 0.25) is 5.91 Å². The van der Waals surface area contributed by atoms with Crippen molar-refractivity contribution in [2.45, 2.75) is 39.5 Å². The van der Waals surface area contributed by atoms with Gasteiger partial charge in [-0.2, -0.15) is 5.10 Å². The molecule has 1 aromatic heterocycles. The van der Waals surface area contributed by atoms with Gasteiger partial charge in [0.1, 0.15) is 0 Å². The highest BCUT2D eigenvalue weighted by molar-refractivity contribution is 5.95. The molecular formula is C14H24N4O. The third-order valence-corrected chi connectivity index (χ3v) is 3.94. The number of aromatic nitrogens is 2. The van der Waals surface area contributed by atoms with Crippen LogP contribution in [0.1, 0.15) is 38.3 Å². The topological polar surface area (TPSA) is 59.0 Å². The van der Waals surface area contributed by atoms with E-state index in [1.54, 1.807) is 4.68 Å². The SMILES string of the molecule is CCCC1(C(=O)Nc2cn(C)nc2C)CCCNC1. The highest BCUT2D eigenvalue weighted by Gasteiger charge is 2.38. The largest absolute Gasteiger partial charge is 0.323 e. The minimum Gasteiger partial charge on any atom is -0.323 e. The first kappa shape index (κ1) is 14.1. The Morgan fingerprint density at radius 2 is 2.42 bits per heavy atom. The van der Waals surface area contributed by atoms with Crippen molar-refractivity contribution in [2.75, 3.05) is 18.4 Å². The molecule has 0 aliphatic carbocycles. The Hall–Kier alpha value is -1.36. The Morgan fingerprint density at radius 1 is 1.63 bits per heavy atom. The van der Waals surface area contributed by atoms with Crippen molar-refractivity contribution >= 4 is 11.6 Å². The molecule has 1 fully saturated rings. The second kappa shape index (κ2) is 5.74. The molecule has 1 aliphatic heterocycles. The second-order valence-corrected chi connectivity index (χ2v) is 5.57. The summed E-state index contributed by atoms with van der Waals surface area (Å²) >= 11 is 0. The Morgan fingerprint density at radius 3 is 2.95 bits per heavy atom. The van der Waals surface area contributed by atoms with E-state index in [9.17, 15) is 4.79 Å². The lowest BCUT2D eigenvalue weighted by atomic mass is 9.76. The van der Waals surface area contributed by atoms with Gasteiger partial charge < -0.3 is 10.6 Å². The van der Waals surface area contributed by atoms with Crippen molar-refractivity contribution in [3.05, 3.63) is 11.9 Å². The van der Waals surface area contributed by atoms with Gasteiger partial charge in [-0.25, -0.2) is 0 Å². The summed E-state index contributed by atoms with van der Waals surface area (Å²) < 4.78 is 1.73. The molecule has 1 atom stereocenters. The van der Waals surface area contributed by atoms with Crippen LogP contribution in [-0.2, 0) is 11.8 Å². The molecule has 5 heteroatoms. The van der Waals surface area contributed by atoms with Crippen LogP contribution in [0.5, 0.6) is 0 Å². The fraction of sp³-hybridized carbons (Fsp3) is 0.714. The average Bonchev–Trinajstić information content (AvgIpc) is 2.69. The highest BCUT2D eigenvalue weighted by atomic mass is 16.2. The third kappa shape index (κ3) is 2.97. The van der Waals surface area contributed by atoms with Gasteiger partial charge in [0.15, 0.2) is 0 Å². The number of rotatable bonds is 4. The number of nitrogens with zero attached hydrogens (tertiary/aromatic N) is 2. The van der Waals surface area contributed by atoms with Gasteiger partial charge in [0.05, 0.1) is 16.8 Å². The Kier molecular flexibility index (Phi) is 4.24. The monoisotopic (exact) mass is 264 g/mol. The number of carbonyl (C=O) groups excluding carboxylic acids is 1. The van der Waals surface area contributed by atoms with Crippen LogP contribution in [-0.4, -0.2) is 28.8 Å². The van der Waals surface area contributed by atoms with Gasteiger partial charge in [0, 0.05) is 19.8 Å². The van der Waals surface area contributed by atoms with E-state index in [-0.39, 0.29) is 11.3 Å². The van der Waals surface area contributed by atoms with Crippen molar-refractivity contribution < 1.29 is 4.79 Å². The maximum atomic E-state index is 12.7. The maximum Gasteiger partial charge on any atom is 0.231 e. The van der Waals surface area contributed by atoms with Gasteiger partial charge in [-0.3, -0.25) is 9.48 Å². The lowest BCUT2D eigenvalue weighted by Gasteiger charge is -2.36. The fourth-order valence-electron chi connectivity index (χ4n) is 2.94. The second-order valence-electron chi connectivity index (χ2n) is 5.57. The molecule has 1 saturated heterocycles. The standard InChI is InChI=1S/C14H24N4O/c1-4-6-14(7-5-8-15-10-14)13(19)16-12-9-18(3)17-11(12)2/h9,15H,4-8,10H2,1-3H3,(H,16,19). The zero-order valence-electron chi connectivity index (χ0n) is 12.1. The molecule has 19 heavy (non-hydrogen) atoms. The summed E-state index contributed by atoms with van der Waals surface area (Å²) in [5, 5.41) is 10.7. The lowest BCUT2D eigenvalue weighted by Crippen LogP contribution is -2.48. The molecule has 2 N–H and O–H groups in total. The number of nitrogens with one attached hydrogen (secondary N) is 2. The van der Waals surface area contributed by atoms with Crippen molar-refractivity contribution in [2.24, 2.45) is 12.5 Å². The number of carbonyl (C=O) groups is 1. The summed E-state index contributed by atoms with van der Waals surface area (Å²) in [4.78, 5) is 12.7. The molecule has 1 unspecified atom stereocenters. The van der Waals surface area contributed by atoms with Crippen LogP contribution in [0.15, 0.2) is 6.20 Å². The first-order chi connectivity index (χ1) is 9.07. The van der Waals surface area contributed by atoms with Gasteiger partial charge in [0.25, 0.3) is 0 Å². The molecule has 1 aromatic rings. The number of anilines is 1. The molecule has 0 bridgehead atoms. The van der Waals surface area contributed by atoms with E-state index in [1.807, 2.05) is 20.2 Å². The van der Waals surface area contributed by atoms with E-state index >= 15 is 0 Å². The summed E-state index contributed by atoms with van der Waals surface area (Å²) in [6.07, 6.45) is 5.87. The predicted octanol–water partition coefficient (Wildman–Crippen LogP) is 1.84. The summed E-state index contributed by atoms with van der Waals surface area (Å²) in [6.45, 7) is 5.86. The lowest BCUT2D eigenvalue weighted by molar-refractivity contribution is -0.127. The zero-order chi connectivity index (χ0) is 13.9. The van der Waals surface area contributed by atoms with Gasteiger partial charge in [-0.05, 0) is 32.7 Å². The van der Waals surface area contributed by atoms with E-state index in [0.29, 0.717) is 0 Å². The van der Waals surface area contributed by atoms with Crippen molar-refractivity contribution in [3.63, 3.8) is 0 Å². The molecule has 1 aliphatic rings.